The predicted octanol–water partition coefficient (Wildman–Crippen LogP) is 2.62. The zero-order valence-electron chi connectivity index (χ0n) is 10.1. The summed E-state index contributed by atoms with van der Waals surface area (Å²) >= 11 is 3.45. The first-order valence-corrected chi connectivity index (χ1v) is 6.50. The number of likely N-dealkylation sites (N-methyl/N-ethyl adjacent to an activating group) is 1. The molecule has 0 aromatic heterocycles. The van der Waals surface area contributed by atoms with Crippen LogP contribution in [0.2, 0.25) is 0 Å². The molecule has 1 heterocycles. The van der Waals surface area contributed by atoms with E-state index < -0.39 is 0 Å². The van der Waals surface area contributed by atoms with Gasteiger partial charge in [-0.25, -0.2) is 0 Å². The van der Waals surface area contributed by atoms with E-state index in [0.29, 0.717) is 12.2 Å². The Morgan fingerprint density at radius 3 is 2.88 bits per heavy atom. The molecule has 3 nitrogen and oxygen atoms in total. The molecule has 92 valence electrons. The molecule has 0 N–H and O–H groups in total. The molecule has 1 aromatic carbocycles. The third-order valence-corrected chi connectivity index (χ3v) is 3.78. The van der Waals surface area contributed by atoms with Crippen LogP contribution in [0.3, 0.4) is 0 Å². The molecule has 1 aromatic rings. The second-order valence-corrected chi connectivity index (χ2v) is 5.27. The summed E-state index contributed by atoms with van der Waals surface area (Å²) in [6.07, 6.45) is 0.922. The van der Waals surface area contributed by atoms with Crippen molar-refractivity contribution in [3.05, 3.63) is 33.8 Å². The van der Waals surface area contributed by atoms with Crippen molar-refractivity contribution in [1.29, 1.82) is 0 Å². The van der Waals surface area contributed by atoms with Gasteiger partial charge in [0, 0.05) is 18.1 Å². The summed E-state index contributed by atoms with van der Waals surface area (Å²) in [5, 5.41) is 0. The maximum atomic E-state index is 12.3. The fourth-order valence-corrected chi connectivity index (χ4v) is 2.64. The largest absolute Gasteiger partial charge is 0.379 e. The lowest BCUT2D eigenvalue weighted by Gasteiger charge is -2.23. The van der Waals surface area contributed by atoms with Gasteiger partial charge < -0.3 is 9.64 Å². The lowest BCUT2D eigenvalue weighted by Crippen LogP contribution is -2.37. The van der Waals surface area contributed by atoms with Gasteiger partial charge in [-0.15, -0.1) is 0 Å². The van der Waals surface area contributed by atoms with Gasteiger partial charge in [-0.1, -0.05) is 6.07 Å². The highest BCUT2D eigenvalue weighted by molar-refractivity contribution is 9.10. The van der Waals surface area contributed by atoms with Gasteiger partial charge in [-0.05, 0) is 47.0 Å². The van der Waals surface area contributed by atoms with E-state index in [9.17, 15) is 4.79 Å². The van der Waals surface area contributed by atoms with E-state index in [0.717, 1.165) is 23.1 Å². The number of nitrogens with zero attached hydrogens (tertiary/aromatic N) is 1. The molecule has 1 atom stereocenters. The lowest BCUT2D eigenvalue weighted by atomic mass is 10.1. The number of carbonyl (C=O) groups is 1. The molecule has 0 bridgehead atoms. The van der Waals surface area contributed by atoms with Crippen LogP contribution in [0.4, 0.5) is 0 Å². The summed E-state index contributed by atoms with van der Waals surface area (Å²) in [5.74, 6) is 0.0485. The monoisotopic (exact) mass is 297 g/mol. The molecular weight excluding hydrogens is 282 g/mol. The second kappa shape index (κ2) is 5.19. The van der Waals surface area contributed by atoms with Gasteiger partial charge in [-0.2, -0.15) is 0 Å². The zero-order valence-corrected chi connectivity index (χ0v) is 11.7. The van der Waals surface area contributed by atoms with Crippen LogP contribution in [0.5, 0.6) is 0 Å². The van der Waals surface area contributed by atoms with Gasteiger partial charge >= 0.3 is 0 Å². The average Bonchev–Trinajstić information content (AvgIpc) is 2.80. The quantitative estimate of drug-likeness (QED) is 0.840. The predicted molar refractivity (Wildman–Crippen MR) is 70.2 cm³/mol. The van der Waals surface area contributed by atoms with Crippen molar-refractivity contribution in [2.45, 2.75) is 19.4 Å². The molecule has 1 fully saturated rings. The standard InChI is InChI=1S/C13H16BrNO2/c1-9-3-4-11(12(14)7-9)13(16)15(2)10-5-6-17-8-10/h3-4,7,10H,5-6,8H2,1-2H3. The van der Waals surface area contributed by atoms with E-state index in [1.165, 1.54) is 0 Å². The zero-order chi connectivity index (χ0) is 12.4. The lowest BCUT2D eigenvalue weighted by molar-refractivity contribution is 0.0710. The first kappa shape index (κ1) is 12.6. The Balaban J connectivity index is 2.18. The van der Waals surface area contributed by atoms with Crippen molar-refractivity contribution in [2.24, 2.45) is 0 Å². The summed E-state index contributed by atoms with van der Waals surface area (Å²) < 4.78 is 6.16. The van der Waals surface area contributed by atoms with Crippen LogP contribution < -0.4 is 0 Å². The number of hydrogen-bond acceptors (Lipinski definition) is 2. The van der Waals surface area contributed by atoms with Crippen LogP contribution in [0.25, 0.3) is 0 Å². The van der Waals surface area contributed by atoms with Crippen LogP contribution >= 0.6 is 15.9 Å². The van der Waals surface area contributed by atoms with Gasteiger partial charge in [0.2, 0.25) is 0 Å². The molecule has 4 heteroatoms. The molecule has 1 aliphatic heterocycles. The van der Waals surface area contributed by atoms with Crippen LogP contribution in [0.1, 0.15) is 22.3 Å². The minimum Gasteiger partial charge on any atom is -0.379 e. The third kappa shape index (κ3) is 2.69. The van der Waals surface area contributed by atoms with Crippen LogP contribution in [-0.4, -0.2) is 37.1 Å². The third-order valence-electron chi connectivity index (χ3n) is 3.13. The summed E-state index contributed by atoms with van der Waals surface area (Å²) in [5.41, 5.74) is 1.85. The summed E-state index contributed by atoms with van der Waals surface area (Å²) in [7, 11) is 1.84. The minimum absolute atomic E-state index is 0.0485. The van der Waals surface area contributed by atoms with E-state index >= 15 is 0 Å². The highest BCUT2D eigenvalue weighted by atomic mass is 79.9. The van der Waals surface area contributed by atoms with Crippen molar-refractivity contribution in [3.63, 3.8) is 0 Å². The number of halogens is 1. The Bertz CT molecular complexity index is 427. The Morgan fingerprint density at radius 1 is 1.53 bits per heavy atom. The first-order valence-electron chi connectivity index (χ1n) is 5.70. The maximum Gasteiger partial charge on any atom is 0.255 e. The molecule has 1 unspecified atom stereocenters. The smallest absolute Gasteiger partial charge is 0.255 e. The van der Waals surface area contributed by atoms with Crippen LogP contribution in [0.15, 0.2) is 22.7 Å². The number of aryl methyl sites for hydroxylation is 1. The molecule has 1 aliphatic rings. The molecule has 1 saturated heterocycles. The molecule has 0 saturated carbocycles. The molecular formula is C13H16BrNO2. The van der Waals surface area contributed by atoms with Gasteiger partial charge in [-0.3, -0.25) is 4.79 Å². The molecule has 2 rings (SSSR count). The van der Waals surface area contributed by atoms with E-state index in [4.69, 9.17) is 4.74 Å². The van der Waals surface area contributed by atoms with Crippen LogP contribution in [-0.2, 0) is 4.74 Å². The van der Waals surface area contributed by atoms with E-state index in [2.05, 4.69) is 15.9 Å². The number of rotatable bonds is 2. The van der Waals surface area contributed by atoms with Gasteiger partial charge in [0.1, 0.15) is 0 Å². The van der Waals surface area contributed by atoms with E-state index in [-0.39, 0.29) is 11.9 Å². The summed E-state index contributed by atoms with van der Waals surface area (Å²) in [6.45, 7) is 3.40. The fraction of sp³-hybridized carbons (Fsp3) is 0.462. The normalized spacial score (nSPS) is 19.4. The summed E-state index contributed by atoms with van der Waals surface area (Å²) in [6, 6.07) is 5.99. The second-order valence-electron chi connectivity index (χ2n) is 4.42. The van der Waals surface area contributed by atoms with Gasteiger partial charge in [0.25, 0.3) is 5.91 Å². The van der Waals surface area contributed by atoms with Crippen molar-refractivity contribution in [2.75, 3.05) is 20.3 Å². The Morgan fingerprint density at radius 2 is 2.29 bits per heavy atom. The van der Waals surface area contributed by atoms with Crippen molar-refractivity contribution in [3.8, 4) is 0 Å². The van der Waals surface area contributed by atoms with Crippen molar-refractivity contribution < 1.29 is 9.53 Å². The molecule has 17 heavy (non-hydrogen) atoms. The topological polar surface area (TPSA) is 29.5 Å². The number of benzene rings is 1. The number of amides is 1. The Hall–Kier alpha value is -0.870. The molecule has 0 radical (unpaired) electrons. The van der Waals surface area contributed by atoms with E-state index in [1.807, 2.05) is 32.2 Å². The van der Waals surface area contributed by atoms with Gasteiger partial charge in [0.15, 0.2) is 0 Å². The van der Waals surface area contributed by atoms with Crippen LogP contribution in [0, 0.1) is 6.92 Å². The fourth-order valence-electron chi connectivity index (χ4n) is 1.98. The number of hydrogen-bond donors (Lipinski definition) is 0. The molecule has 1 amide bonds. The van der Waals surface area contributed by atoms with Crippen molar-refractivity contribution in [1.82, 2.24) is 4.90 Å². The first-order chi connectivity index (χ1) is 8.09. The Labute approximate surface area is 110 Å². The molecule has 0 spiro atoms. The summed E-state index contributed by atoms with van der Waals surface area (Å²) in [4.78, 5) is 14.1. The SMILES string of the molecule is Cc1ccc(C(=O)N(C)C2CCOC2)c(Br)c1. The highest BCUT2D eigenvalue weighted by Gasteiger charge is 2.25. The number of carbonyl (C=O) groups excluding carboxylic acids is 1. The average molecular weight is 298 g/mol. The maximum absolute atomic E-state index is 12.3. The van der Waals surface area contributed by atoms with Gasteiger partial charge in [0.05, 0.1) is 18.2 Å². The van der Waals surface area contributed by atoms with Crippen molar-refractivity contribution >= 4 is 21.8 Å². The number of ether oxygens (including phenoxy) is 1. The van der Waals surface area contributed by atoms with E-state index in [1.54, 1.807) is 4.90 Å². The Kier molecular flexibility index (Phi) is 3.84. The highest BCUT2D eigenvalue weighted by Crippen LogP contribution is 2.21. The molecule has 0 aliphatic carbocycles. The minimum atomic E-state index is 0.0485.